The molecule has 0 aliphatic heterocycles. The van der Waals surface area contributed by atoms with Gasteiger partial charge < -0.3 is 4.90 Å². The first-order valence-electron chi connectivity index (χ1n) is 7.77. The summed E-state index contributed by atoms with van der Waals surface area (Å²) in [5.74, 6) is -0.185. The zero-order valence-electron chi connectivity index (χ0n) is 13.1. The second-order valence-electron chi connectivity index (χ2n) is 6.23. The number of hydrogen-bond acceptors (Lipinski definition) is 1. The van der Waals surface area contributed by atoms with Gasteiger partial charge in [0.2, 0.25) is 5.91 Å². The van der Waals surface area contributed by atoms with E-state index in [4.69, 9.17) is 11.6 Å². The van der Waals surface area contributed by atoms with Crippen molar-refractivity contribution in [2.75, 3.05) is 7.05 Å². The molecule has 0 heterocycles. The van der Waals surface area contributed by atoms with Gasteiger partial charge in [-0.3, -0.25) is 4.79 Å². The molecule has 0 N–H and O–H groups in total. The Morgan fingerprint density at radius 2 is 1.91 bits per heavy atom. The van der Waals surface area contributed by atoms with Gasteiger partial charge in [-0.05, 0) is 48.2 Å². The van der Waals surface area contributed by atoms with Crippen molar-refractivity contribution in [3.05, 3.63) is 70.5 Å². The molecule has 1 fully saturated rings. The highest BCUT2D eigenvalue weighted by Crippen LogP contribution is 2.45. The molecule has 2 nitrogen and oxygen atoms in total. The summed E-state index contributed by atoms with van der Waals surface area (Å²) in [6.45, 7) is 0.409. The van der Waals surface area contributed by atoms with Gasteiger partial charge in [0.1, 0.15) is 5.82 Å². The summed E-state index contributed by atoms with van der Waals surface area (Å²) in [7, 11) is 1.78. The molecule has 1 aliphatic carbocycles. The number of amides is 1. The van der Waals surface area contributed by atoms with Gasteiger partial charge in [-0.25, -0.2) is 4.39 Å². The third-order valence-corrected chi connectivity index (χ3v) is 4.92. The minimum Gasteiger partial charge on any atom is -0.341 e. The highest BCUT2D eigenvalue weighted by atomic mass is 35.5. The Balaban J connectivity index is 1.81. The van der Waals surface area contributed by atoms with Crippen molar-refractivity contribution >= 4 is 17.5 Å². The molecule has 2 aromatic rings. The Hall–Kier alpha value is -1.87. The van der Waals surface area contributed by atoms with E-state index in [2.05, 4.69) is 0 Å². The Bertz CT molecular complexity index is 710. The van der Waals surface area contributed by atoms with E-state index in [1.54, 1.807) is 18.0 Å². The van der Waals surface area contributed by atoms with Crippen molar-refractivity contribution in [1.82, 2.24) is 4.90 Å². The molecule has 0 atom stereocenters. The van der Waals surface area contributed by atoms with Crippen molar-refractivity contribution in [3.8, 4) is 0 Å². The molecular formula is C19H19ClFNO. The minimum atomic E-state index is -0.452. The molecule has 0 aromatic heterocycles. The first kappa shape index (κ1) is 16.0. The molecule has 23 heavy (non-hydrogen) atoms. The summed E-state index contributed by atoms with van der Waals surface area (Å²) in [6.07, 6.45) is 2.74. The van der Waals surface area contributed by atoms with Gasteiger partial charge in [-0.15, -0.1) is 0 Å². The number of benzene rings is 2. The van der Waals surface area contributed by atoms with Gasteiger partial charge in [0.25, 0.3) is 0 Å². The van der Waals surface area contributed by atoms with E-state index in [-0.39, 0.29) is 11.7 Å². The third kappa shape index (κ3) is 3.11. The van der Waals surface area contributed by atoms with Crippen molar-refractivity contribution in [2.24, 2.45) is 0 Å². The summed E-state index contributed by atoms with van der Waals surface area (Å²) in [6, 6.07) is 13.9. The molecule has 0 spiro atoms. The molecule has 2 aromatic carbocycles. The van der Waals surface area contributed by atoms with Crippen LogP contribution in [-0.2, 0) is 16.8 Å². The number of hydrogen-bond donors (Lipinski definition) is 0. The van der Waals surface area contributed by atoms with E-state index in [1.807, 2.05) is 30.3 Å². The maximum absolute atomic E-state index is 13.3. The molecule has 0 unspecified atom stereocenters. The molecule has 1 saturated carbocycles. The number of likely N-dealkylation sites (N-methyl/N-ethyl adjacent to an activating group) is 1. The topological polar surface area (TPSA) is 20.3 Å². The van der Waals surface area contributed by atoms with E-state index in [9.17, 15) is 9.18 Å². The number of halogens is 2. The van der Waals surface area contributed by atoms with Crippen LogP contribution < -0.4 is 0 Å². The smallest absolute Gasteiger partial charge is 0.233 e. The van der Waals surface area contributed by atoms with E-state index in [1.165, 1.54) is 12.1 Å². The standard InChI is InChI=1S/C19H19ClFNO/c1-22(13-14-4-2-5-17(21)12-14)18(23)19(10-3-11-19)15-6-8-16(20)9-7-15/h2,4-9,12H,3,10-11,13H2,1H3. The summed E-state index contributed by atoms with van der Waals surface area (Å²) in [5, 5.41) is 0.670. The fourth-order valence-corrected chi connectivity index (χ4v) is 3.40. The second-order valence-corrected chi connectivity index (χ2v) is 6.67. The van der Waals surface area contributed by atoms with Crippen LogP contribution in [0.15, 0.2) is 48.5 Å². The Labute approximate surface area is 140 Å². The van der Waals surface area contributed by atoms with Crippen LogP contribution in [-0.4, -0.2) is 17.9 Å². The maximum atomic E-state index is 13.3. The van der Waals surface area contributed by atoms with Gasteiger partial charge in [0.15, 0.2) is 0 Å². The Kier molecular flexibility index (Phi) is 4.40. The van der Waals surface area contributed by atoms with Crippen molar-refractivity contribution in [2.45, 2.75) is 31.2 Å². The average Bonchev–Trinajstić information content (AvgIpc) is 2.48. The van der Waals surface area contributed by atoms with Crippen LogP contribution in [0.3, 0.4) is 0 Å². The fraction of sp³-hybridized carbons (Fsp3) is 0.316. The predicted molar refractivity (Wildman–Crippen MR) is 89.9 cm³/mol. The Morgan fingerprint density at radius 1 is 1.22 bits per heavy atom. The number of carbonyl (C=O) groups is 1. The van der Waals surface area contributed by atoms with Crippen LogP contribution in [0.1, 0.15) is 30.4 Å². The van der Waals surface area contributed by atoms with Gasteiger partial charge in [-0.1, -0.05) is 42.3 Å². The van der Waals surface area contributed by atoms with Gasteiger partial charge >= 0.3 is 0 Å². The number of rotatable bonds is 4. The lowest BCUT2D eigenvalue weighted by atomic mass is 9.63. The van der Waals surface area contributed by atoms with Gasteiger partial charge in [-0.2, -0.15) is 0 Å². The van der Waals surface area contributed by atoms with Crippen molar-refractivity contribution in [3.63, 3.8) is 0 Å². The zero-order chi connectivity index (χ0) is 16.4. The van der Waals surface area contributed by atoms with Crippen molar-refractivity contribution < 1.29 is 9.18 Å². The molecule has 1 aliphatic rings. The molecule has 120 valence electrons. The van der Waals surface area contributed by atoms with Crippen LogP contribution in [0, 0.1) is 5.82 Å². The van der Waals surface area contributed by atoms with E-state index >= 15 is 0 Å². The van der Waals surface area contributed by atoms with Gasteiger partial charge in [0, 0.05) is 18.6 Å². The number of carbonyl (C=O) groups excluding carboxylic acids is 1. The van der Waals surface area contributed by atoms with Crippen LogP contribution >= 0.6 is 11.6 Å². The highest BCUT2D eigenvalue weighted by Gasteiger charge is 2.46. The SMILES string of the molecule is CN(Cc1cccc(F)c1)C(=O)C1(c2ccc(Cl)cc2)CCC1. The summed E-state index contributed by atoms with van der Waals surface area (Å²) in [5.41, 5.74) is 1.36. The summed E-state index contributed by atoms with van der Waals surface area (Å²) in [4.78, 5) is 14.7. The minimum absolute atomic E-state index is 0.0929. The van der Waals surface area contributed by atoms with Gasteiger partial charge in [0.05, 0.1) is 5.41 Å². The molecule has 3 rings (SSSR count). The normalized spacial score (nSPS) is 15.8. The first-order chi connectivity index (χ1) is 11.0. The summed E-state index contributed by atoms with van der Waals surface area (Å²) >= 11 is 5.96. The lowest BCUT2D eigenvalue weighted by molar-refractivity contribution is -0.140. The van der Waals surface area contributed by atoms with Crippen LogP contribution in [0.2, 0.25) is 5.02 Å². The second kappa shape index (κ2) is 6.32. The highest BCUT2D eigenvalue weighted by molar-refractivity contribution is 6.30. The lowest BCUT2D eigenvalue weighted by Gasteiger charge is -2.43. The maximum Gasteiger partial charge on any atom is 0.233 e. The first-order valence-corrected chi connectivity index (χ1v) is 8.15. The van der Waals surface area contributed by atoms with E-state index in [0.29, 0.717) is 11.6 Å². The van der Waals surface area contributed by atoms with Crippen LogP contribution in [0.4, 0.5) is 4.39 Å². The van der Waals surface area contributed by atoms with E-state index in [0.717, 1.165) is 30.4 Å². The van der Waals surface area contributed by atoms with E-state index < -0.39 is 5.41 Å². The average molecular weight is 332 g/mol. The molecule has 0 saturated heterocycles. The Morgan fingerprint density at radius 3 is 2.48 bits per heavy atom. The van der Waals surface area contributed by atoms with Crippen LogP contribution in [0.25, 0.3) is 0 Å². The number of nitrogens with zero attached hydrogens (tertiary/aromatic N) is 1. The predicted octanol–water partition coefficient (Wildman–Crippen LogP) is 4.56. The molecule has 4 heteroatoms. The largest absolute Gasteiger partial charge is 0.341 e. The fourth-order valence-electron chi connectivity index (χ4n) is 3.27. The third-order valence-electron chi connectivity index (χ3n) is 4.67. The molecule has 0 radical (unpaired) electrons. The summed E-state index contributed by atoms with van der Waals surface area (Å²) < 4.78 is 13.3. The molecule has 1 amide bonds. The monoisotopic (exact) mass is 331 g/mol. The van der Waals surface area contributed by atoms with Crippen LogP contribution in [0.5, 0.6) is 0 Å². The molecular weight excluding hydrogens is 313 g/mol. The lowest BCUT2D eigenvalue weighted by Crippen LogP contribution is -2.49. The zero-order valence-corrected chi connectivity index (χ0v) is 13.8. The quantitative estimate of drug-likeness (QED) is 0.804. The molecule has 0 bridgehead atoms. The van der Waals surface area contributed by atoms with Crippen molar-refractivity contribution in [1.29, 1.82) is 0 Å².